The molecule has 0 atom stereocenters. The molecular weight excluding hydrogens is 104 g/mol. The van der Waals surface area contributed by atoms with Crippen LogP contribution in [-0.2, 0) is 4.74 Å². The Bertz CT molecular complexity index is 128. The van der Waals surface area contributed by atoms with Gasteiger partial charge in [0.05, 0.1) is 18.9 Å². The Hall–Kier alpha value is -0.830. The molecule has 0 aromatic rings. The molecule has 0 saturated carbocycles. The number of hydrogen-bond donors (Lipinski definition) is 1. The quantitative estimate of drug-likeness (QED) is 0.351. The van der Waals surface area contributed by atoms with Crippen molar-refractivity contribution in [2.24, 2.45) is 10.9 Å². The topological polar surface area (TPSA) is 47.6 Å². The lowest BCUT2D eigenvalue weighted by molar-refractivity contribution is 0.200. The molecule has 3 nitrogen and oxygen atoms in total. The van der Waals surface area contributed by atoms with Gasteiger partial charge in [0.1, 0.15) is 0 Å². The first-order valence-corrected chi connectivity index (χ1v) is 2.44. The minimum absolute atomic E-state index is 0.549. The van der Waals surface area contributed by atoms with E-state index in [1.807, 2.05) is 12.2 Å². The maximum atomic E-state index is 4.98. The van der Waals surface area contributed by atoms with E-state index in [0.717, 1.165) is 5.71 Å². The Balaban J connectivity index is 2.56. The van der Waals surface area contributed by atoms with E-state index in [4.69, 9.17) is 10.6 Å². The van der Waals surface area contributed by atoms with Crippen LogP contribution >= 0.6 is 0 Å². The van der Waals surface area contributed by atoms with E-state index in [0.29, 0.717) is 13.2 Å². The van der Waals surface area contributed by atoms with Crippen molar-refractivity contribution in [3.05, 3.63) is 12.2 Å². The number of rotatable bonds is 0. The summed E-state index contributed by atoms with van der Waals surface area (Å²) in [7, 11) is 0. The molecule has 0 bridgehead atoms. The first-order chi connectivity index (χ1) is 3.93. The molecule has 44 valence electrons. The lowest BCUT2D eigenvalue weighted by Crippen LogP contribution is -2.12. The molecule has 0 aromatic carbocycles. The number of hydrazone groups is 1. The lowest BCUT2D eigenvalue weighted by atomic mass is 10.3. The fourth-order valence-corrected chi connectivity index (χ4v) is 0.544. The van der Waals surface area contributed by atoms with E-state index in [1.165, 1.54) is 0 Å². The molecule has 0 fully saturated rings. The van der Waals surface area contributed by atoms with Crippen molar-refractivity contribution < 1.29 is 4.74 Å². The summed E-state index contributed by atoms with van der Waals surface area (Å²) in [6.07, 6.45) is 3.75. The Morgan fingerprint density at radius 1 is 1.75 bits per heavy atom. The van der Waals surface area contributed by atoms with Crippen molar-refractivity contribution in [3.8, 4) is 0 Å². The van der Waals surface area contributed by atoms with Gasteiger partial charge in [-0.3, -0.25) is 0 Å². The highest BCUT2D eigenvalue weighted by Gasteiger charge is 1.97. The third-order valence-corrected chi connectivity index (χ3v) is 0.940. The van der Waals surface area contributed by atoms with Gasteiger partial charge in [-0.15, -0.1) is 0 Å². The largest absolute Gasteiger partial charge is 0.371 e. The van der Waals surface area contributed by atoms with E-state index in [1.54, 1.807) is 0 Å². The number of nitrogens with zero attached hydrogens (tertiary/aromatic N) is 1. The van der Waals surface area contributed by atoms with Crippen LogP contribution in [0.3, 0.4) is 0 Å². The number of hydrogen-bond acceptors (Lipinski definition) is 3. The van der Waals surface area contributed by atoms with Crippen molar-refractivity contribution in [1.29, 1.82) is 0 Å². The monoisotopic (exact) mass is 112 g/mol. The van der Waals surface area contributed by atoms with E-state index < -0.39 is 0 Å². The third-order valence-electron chi connectivity index (χ3n) is 0.940. The molecule has 0 aliphatic carbocycles. The molecule has 1 aliphatic heterocycles. The van der Waals surface area contributed by atoms with Gasteiger partial charge in [0, 0.05) is 0 Å². The van der Waals surface area contributed by atoms with Crippen molar-refractivity contribution in [2.45, 2.75) is 0 Å². The predicted octanol–water partition coefficient (Wildman–Crippen LogP) is -0.113. The molecule has 0 amide bonds. The standard InChI is InChI=1S/C5H8N2O/c6-7-5-2-1-3-8-4-5/h1-2H,3-4,6H2. The molecule has 3 heteroatoms. The normalized spacial score (nSPS) is 24.2. The Morgan fingerprint density at radius 3 is 3.00 bits per heavy atom. The van der Waals surface area contributed by atoms with Gasteiger partial charge in [0.2, 0.25) is 0 Å². The van der Waals surface area contributed by atoms with Gasteiger partial charge in [-0.05, 0) is 6.08 Å². The summed E-state index contributed by atoms with van der Waals surface area (Å²) in [5.74, 6) is 4.96. The molecule has 0 spiro atoms. The van der Waals surface area contributed by atoms with Gasteiger partial charge >= 0.3 is 0 Å². The molecule has 1 heterocycles. The third kappa shape index (κ3) is 1.07. The summed E-state index contributed by atoms with van der Waals surface area (Å²) < 4.78 is 4.98. The van der Waals surface area contributed by atoms with Crippen LogP contribution in [-0.4, -0.2) is 18.9 Å². The molecule has 8 heavy (non-hydrogen) atoms. The minimum Gasteiger partial charge on any atom is -0.371 e. The average molecular weight is 112 g/mol. The van der Waals surface area contributed by atoms with Crippen LogP contribution in [0, 0.1) is 0 Å². The van der Waals surface area contributed by atoms with Crippen molar-refractivity contribution >= 4 is 5.71 Å². The Morgan fingerprint density at radius 2 is 2.62 bits per heavy atom. The summed E-state index contributed by atoms with van der Waals surface area (Å²) in [6, 6.07) is 0. The molecule has 0 radical (unpaired) electrons. The van der Waals surface area contributed by atoms with Crippen molar-refractivity contribution in [1.82, 2.24) is 0 Å². The Labute approximate surface area is 47.8 Å². The summed E-state index contributed by atoms with van der Waals surface area (Å²) in [5, 5.41) is 3.45. The van der Waals surface area contributed by atoms with Gasteiger partial charge in [0.25, 0.3) is 0 Å². The first kappa shape index (κ1) is 5.31. The SMILES string of the molecule is NN=C1C=CCOC1. The fourth-order valence-electron chi connectivity index (χ4n) is 0.544. The van der Waals surface area contributed by atoms with Crippen LogP contribution in [0.1, 0.15) is 0 Å². The minimum atomic E-state index is 0.549. The molecule has 1 aliphatic rings. The molecule has 0 saturated heterocycles. The van der Waals surface area contributed by atoms with Gasteiger partial charge in [-0.1, -0.05) is 6.08 Å². The van der Waals surface area contributed by atoms with Gasteiger partial charge in [-0.2, -0.15) is 5.10 Å². The zero-order valence-corrected chi connectivity index (χ0v) is 4.50. The van der Waals surface area contributed by atoms with Crippen LogP contribution < -0.4 is 5.84 Å². The van der Waals surface area contributed by atoms with E-state index in [-0.39, 0.29) is 0 Å². The highest BCUT2D eigenvalue weighted by molar-refractivity contribution is 5.96. The molecule has 2 N–H and O–H groups in total. The van der Waals surface area contributed by atoms with E-state index in [2.05, 4.69) is 5.10 Å². The molecule has 0 aromatic heterocycles. The zero-order valence-electron chi connectivity index (χ0n) is 4.50. The summed E-state index contributed by atoms with van der Waals surface area (Å²) >= 11 is 0. The van der Waals surface area contributed by atoms with Crippen molar-refractivity contribution in [3.63, 3.8) is 0 Å². The lowest BCUT2D eigenvalue weighted by Gasteiger charge is -2.04. The van der Waals surface area contributed by atoms with E-state index in [9.17, 15) is 0 Å². The Kier molecular flexibility index (Phi) is 1.64. The van der Waals surface area contributed by atoms with Crippen LogP contribution in [0.4, 0.5) is 0 Å². The number of nitrogens with two attached hydrogens (primary N) is 1. The van der Waals surface area contributed by atoms with Crippen LogP contribution in [0.25, 0.3) is 0 Å². The van der Waals surface area contributed by atoms with Gasteiger partial charge in [-0.25, -0.2) is 0 Å². The fraction of sp³-hybridized carbons (Fsp3) is 0.400. The average Bonchev–Trinajstić information content (AvgIpc) is 1.90. The second-order valence-corrected chi connectivity index (χ2v) is 1.54. The smallest absolute Gasteiger partial charge is 0.0909 e. The maximum absolute atomic E-state index is 4.98. The second-order valence-electron chi connectivity index (χ2n) is 1.54. The molecule has 1 rings (SSSR count). The predicted molar refractivity (Wildman–Crippen MR) is 31.6 cm³/mol. The highest BCUT2D eigenvalue weighted by atomic mass is 16.5. The van der Waals surface area contributed by atoms with Crippen LogP contribution in [0.5, 0.6) is 0 Å². The first-order valence-electron chi connectivity index (χ1n) is 2.44. The van der Waals surface area contributed by atoms with Crippen molar-refractivity contribution in [2.75, 3.05) is 13.2 Å². The maximum Gasteiger partial charge on any atom is 0.0909 e. The van der Waals surface area contributed by atoms with Crippen LogP contribution in [0.2, 0.25) is 0 Å². The van der Waals surface area contributed by atoms with Gasteiger partial charge < -0.3 is 10.6 Å². The highest BCUT2D eigenvalue weighted by Crippen LogP contribution is 1.90. The van der Waals surface area contributed by atoms with E-state index >= 15 is 0 Å². The number of ether oxygens (including phenoxy) is 1. The summed E-state index contributed by atoms with van der Waals surface area (Å²) in [6.45, 7) is 1.23. The van der Waals surface area contributed by atoms with Crippen LogP contribution in [0.15, 0.2) is 17.3 Å². The van der Waals surface area contributed by atoms with Gasteiger partial charge in [0.15, 0.2) is 0 Å². The molecular formula is C5H8N2O. The second kappa shape index (κ2) is 2.47. The summed E-state index contributed by atoms with van der Waals surface area (Å²) in [4.78, 5) is 0. The zero-order chi connectivity index (χ0) is 5.82. The molecule has 0 unspecified atom stereocenters. The summed E-state index contributed by atoms with van der Waals surface area (Å²) in [5.41, 5.74) is 0.802.